The Hall–Kier alpha value is -2.76. The zero-order valence-electron chi connectivity index (χ0n) is 15.2. The lowest BCUT2D eigenvalue weighted by atomic mass is 10.1. The molecule has 0 spiro atoms. The second-order valence-corrected chi connectivity index (χ2v) is 6.21. The second kappa shape index (κ2) is 8.37. The summed E-state index contributed by atoms with van der Waals surface area (Å²) in [6.07, 6.45) is 3.76. The van der Waals surface area contributed by atoms with Crippen LogP contribution in [0.15, 0.2) is 36.5 Å². The third kappa shape index (κ3) is 4.86. The summed E-state index contributed by atoms with van der Waals surface area (Å²) >= 11 is 0. The predicted molar refractivity (Wildman–Crippen MR) is 99.9 cm³/mol. The highest BCUT2D eigenvalue weighted by molar-refractivity contribution is 5.98. The summed E-state index contributed by atoms with van der Waals surface area (Å²) in [7, 11) is 3.60. The Morgan fingerprint density at radius 3 is 2.60 bits per heavy atom. The van der Waals surface area contributed by atoms with Crippen molar-refractivity contribution in [2.75, 3.05) is 12.4 Å². The molecule has 6 nitrogen and oxygen atoms in total. The maximum Gasteiger partial charge on any atom is 0.319 e. The van der Waals surface area contributed by atoms with Crippen molar-refractivity contribution in [1.29, 1.82) is 0 Å². The highest BCUT2D eigenvalue weighted by Gasteiger charge is 2.13. The quantitative estimate of drug-likeness (QED) is 0.755. The molecular formula is C19H26N4O2. The Labute approximate surface area is 148 Å². The lowest BCUT2D eigenvalue weighted by Crippen LogP contribution is -2.36. The highest BCUT2D eigenvalue weighted by atomic mass is 16.2. The third-order valence-electron chi connectivity index (χ3n) is 4.32. The summed E-state index contributed by atoms with van der Waals surface area (Å²) in [5.74, 6) is -0.169. The third-order valence-corrected chi connectivity index (χ3v) is 4.32. The first-order valence-corrected chi connectivity index (χ1v) is 8.41. The molecule has 6 heteroatoms. The molecule has 3 N–H and O–H groups in total. The Balaban J connectivity index is 1.91. The number of hydrogen-bond acceptors (Lipinski definition) is 2. The Bertz CT molecular complexity index is 752. The van der Waals surface area contributed by atoms with Gasteiger partial charge in [0.1, 0.15) is 0 Å². The maximum atomic E-state index is 12.2. The van der Waals surface area contributed by atoms with Crippen molar-refractivity contribution in [2.24, 2.45) is 7.05 Å². The number of aromatic nitrogens is 1. The molecule has 1 aromatic carbocycles. The highest BCUT2D eigenvalue weighted by Crippen LogP contribution is 2.19. The fourth-order valence-electron chi connectivity index (χ4n) is 2.73. The Kier molecular flexibility index (Phi) is 6.22. The van der Waals surface area contributed by atoms with E-state index in [2.05, 4.69) is 26.6 Å². The van der Waals surface area contributed by atoms with Gasteiger partial charge >= 0.3 is 6.03 Å². The second-order valence-electron chi connectivity index (χ2n) is 6.21. The molecule has 0 aliphatic rings. The molecule has 0 bridgehead atoms. The van der Waals surface area contributed by atoms with Gasteiger partial charge in [0, 0.05) is 43.3 Å². The molecule has 1 heterocycles. The van der Waals surface area contributed by atoms with Crippen molar-refractivity contribution in [3.63, 3.8) is 0 Å². The van der Waals surface area contributed by atoms with Crippen LogP contribution in [0, 0.1) is 6.92 Å². The minimum Gasteiger partial charge on any atom is -0.355 e. The number of hydrogen-bond donors (Lipinski definition) is 3. The maximum absolute atomic E-state index is 12.2. The lowest BCUT2D eigenvalue weighted by Gasteiger charge is -2.16. The van der Waals surface area contributed by atoms with Crippen molar-refractivity contribution in [3.05, 3.63) is 53.3 Å². The predicted octanol–water partition coefficient (Wildman–Crippen LogP) is 2.84. The largest absolute Gasteiger partial charge is 0.355 e. The van der Waals surface area contributed by atoms with Gasteiger partial charge in [-0.1, -0.05) is 6.07 Å². The fraction of sp³-hybridized carbons (Fsp3) is 0.368. The number of benzene rings is 1. The summed E-state index contributed by atoms with van der Waals surface area (Å²) < 4.78 is 2.08. The van der Waals surface area contributed by atoms with Crippen molar-refractivity contribution in [3.8, 4) is 0 Å². The number of carbonyl (C=O) groups is 2. The van der Waals surface area contributed by atoms with E-state index in [-0.39, 0.29) is 18.0 Å². The first-order valence-electron chi connectivity index (χ1n) is 8.41. The van der Waals surface area contributed by atoms with E-state index in [1.807, 2.05) is 33.2 Å². The van der Waals surface area contributed by atoms with Crippen LogP contribution in [-0.4, -0.2) is 29.6 Å². The standard InChI is InChI=1S/C19H26N4O2/c1-13(10-11-15-7-6-12-23(15)4)21-19(25)22-17-9-5-8-16(14(17)2)18(24)20-3/h5-9,12-13H,10-11H2,1-4H3,(H,20,24)(H2,21,22,25). The summed E-state index contributed by atoms with van der Waals surface area (Å²) in [6.45, 7) is 3.80. The first-order chi connectivity index (χ1) is 11.9. The molecule has 1 atom stereocenters. The summed E-state index contributed by atoms with van der Waals surface area (Å²) in [6, 6.07) is 9.15. The number of rotatable bonds is 6. The minimum absolute atomic E-state index is 0.0392. The monoisotopic (exact) mass is 342 g/mol. The number of aryl methyl sites for hydroxylation is 2. The molecular weight excluding hydrogens is 316 g/mol. The number of urea groups is 1. The zero-order chi connectivity index (χ0) is 18.4. The van der Waals surface area contributed by atoms with E-state index in [4.69, 9.17) is 0 Å². The summed E-state index contributed by atoms with van der Waals surface area (Å²) in [5.41, 5.74) is 3.17. The fourth-order valence-corrected chi connectivity index (χ4v) is 2.73. The van der Waals surface area contributed by atoms with Crippen LogP contribution in [0.5, 0.6) is 0 Å². The Morgan fingerprint density at radius 2 is 1.96 bits per heavy atom. The summed E-state index contributed by atoms with van der Waals surface area (Å²) in [5, 5.41) is 8.37. The van der Waals surface area contributed by atoms with E-state index in [0.717, 1.165) is 18.4 Å². The molecule has 134 valence electrons. The van der Waals surface area contributed by atoms with E-state index in [9.17, 15) is 9.59 Å². The first kappa shape index (κ1) is 18.6. The molecule has 0 aliphatic heterocycles. The van der Waals surface area contributed by atoms with Gasteiger partial charge in [-0.2, -0.15) is 0 Å². The smallest absolute Gasteiger partial charge is 0.319 e. The SMILES string of the molecule is CNC(=O)c1cccc(NC(=O)NC(C)CCc2cccn2C)c1C. The molecule has 1 unspecified atom stereocenters. The Morgan fingerprint density at radius 1 is 1.20 bits per heavy atom. The van der Waals surface area contributed by atoms with Gasteiger partial charge in [0.05, 0.1) is 0 Å². The normalized spacial score (nSPS) is 11.7. The van der Waals surface area contributed by atoms with Crippen LogP contribution in [-0.2, 0) is 13.5 Å². The number of amides is 3. The van der Waals surface area contributed by atoms with E-state index in [1.165, 1.54) is 5.69 Å². The van der Waals surface area contributed by atoms with E-state index < -0.39 is 0 Å². The lowest BCUT2D eigenvalue weighted by molar-refractivity contribution is 0.0962. The van der Waals surface area contributed by atoms with Crippen LogP contribution < -0.4 is 16.0 Å². The number of carbonyl (C=O) groups excluding carboxylic acids is 2. The summed E-state index contributed by atoms with van der Waals surface area (Å²) in [4.78, 5) is 24.1. The van der Waals surface area contributed by atoms with Crippen LogP contribution in [0.2, 0.25) is 0 Å². The topological polar surface area (TPSA) is 75.2 Å². The van der Waals surface area contributed by atoms with Crippen LogP contribution in [0.1, 0.15) is 35.0 Å². The zero-order valence-corrected chi connectivity index (χ0v) is 15.2. The molecule has 0 saturated carbocycles. The minimum atomic E-state index is -0.267. The van der Waals surface area contributed by atoms with Crippen LogP contribution in [0.25, 0.3) is 0 Å². The molecule has 0 aliphatic carbocycles. The molecule has 0 radical (unpaired) electrons. The molecule has 1 aromatic heterocycles. The van der Waals surface area contributed by atoms with E-state index in [1.54, 1.807) is 25.2 Å². The van der Waals surface area contributed by atoms with Crippen LogP contribution in [0.3, 0.4) is 0 Å². The van der Waals surface area contributed by atoms with E-state index in [0.29, 0.717) is 11.3 Å². The van der Waals surface area contributed by atoms with Gasteiger partial charge < -0.3 is 20.5 Å². The molecule has 0 saturated heterocycles. The molecule has 2 aromatic rings. The number of nitrogens with zero attached hydrogens (tertiary/aromatic N) is 1. The van der Waals surface area contributed by atoms with E-state index >= 15 is 0 Å². The van der Waals surface area contributed by atoms with Crippen molar-refractivity contribution in [2.45, 2.75) is 32.7 Å². The molecule has 0 fully saturated rings. The number of anilines is 1. The van der Waals surface area contributed by atoms with Gasteiger partial charge in [-0.05, 0) is 56.5 Å². The molecule has 2 rings (SSSR count). The van der Waals surface area contributed by atoms with Crippen molar-refractivity contribution in [1.82, 2.24) is 15.2 Å². The van der Waals surface area contributed by atoms with Gasteiger partial charge in [-0.3, -0.25) is 4.79 Å². The van der Waals surface area contributed by atoms with Gasteiger partial charge in [0.25, 0.3) is 5.91 Å². The molecule has 3 amide bonds. The van der Waals surface area contributed by atoms with Gasteiger partial charge in [-0.15, -0.1) is 0 Å². The van der Waals surface area contributed by atoms with Crippen LogP contribution in [0.4, 0.5) is 10.5 Å². The van der Waals surface area contributed by atoms with Crippen LogP contribution >= 0.6 is 0 Å². The number of nitrogens with one attached hydrogen (secondary N) is 3. The van der Waals surface area contributed by atoms with Crippen molar-refractivity contribution >= 4 is 17.6 Å². The average Bonchev–Trinajstić information content (AvgIpc) is 2.99. The molecule has 25 heavy (non-hydrogen) atoms. The van der Waals surface area contributed by atoms with Gasteiger partial charge in [0.15, 0.2) is 0 Å². The van der Waals surface area contributed by atoms with Gasteiger partial charge in [-0.25, -0.2) is 4.79 Å². The van der Waals surface area contributed by atoms with Gasteiger partial charge in [0.2, 0.25) is 0 Å². The van der Waals surface area contributed by atoms with Crippen molar-refractivity contribution < 1.29 is 9.59 Å². The average molecular weight is 342 g/mol.